The first-order chi connectivity index (χ1) is 15.7. The smallest absolute Gasteiger partial charge is 0.407 e. The van der Waals surface area contributed by atoms with E-state index in [1.165, 1.54) is 0 Å². The van der Waals surface area contributed by atoms with E-state index in [4.69, 9.17) is 4.74 Å². The Balaban J connectivity index is 1.60. The Kier molecular flexibility index (Phi) is 6.78. The first kappa shape index (κ1) is 25.3. The number of nitrogens with one attached hydrogen (secondary N) is 2. The summed E-state index contributed by atoms with van der Waals surface area (Å²) in [5.41, 5.74) is 1.49. The number of carboxylic acids is 1. The van der Waals surface area contributed by atoms with Crippen LogP contribution < -0.4 is 10.6 Å². The minimum absolute atomic E-state index is 0.0314. The van der Waals surface area contributed by atoms with E-state index >= 15 is 0 Å². The summed E-state index contributed by atoms with van der Waals surface area (Å²) in [6.45, 7) is 10.1. The number of rotatable bonds is 8. The van der Waals surface area contributed by atoms with Gasteiger partial charge in [-0.3, -0.25) is 9.59 Å². The average Bonchev–Trinajstić information content (AvgIpc) is 3.04. The van der Waals surface area contributed by atoms with Gasteiger partial charge < -0.3 is 20.5 Å². The van der Waals surface area contributed by atoms with Crippen LogP contribution in [0.5, 0.6) is 0 Å². The van der Waals surface area contributed by atoms with Gasteiger partial charge in [0.25, 0.3) is 0 Å². The zero-order chi connectivity index (χ0) is 25.3. The second kappa shape index (κ2) is 9.12. The fraction of sp³-hybridized carbons (Fsp3) is 0.444. The molecule has 3 rings (SSSR count). The normalized spacial score (nSPS) is 13.6. The molecule has 0 aromatic heterocycles. The van der Waals surface area contributed by atoms with Crippen molar-refractivity contribution in [3.05, 3.63) is 59.7 Å². The molecule has 2 amide bonds. The molecule has 0 heterocycles. The lowest BCUT2D eigenvalue weighted by Gasteiger charge is -2.39. The molecule has 7 nitrogen and oxygen atoms in total. The average molecular weight is 467 g/mol. The molecule has 7 heteroatoms. The van der Waals surface area contributed by atoms with Crippen LogP contribution in [0, 0.1) is 5.41 Å². The standard InChI is InChI=1S/C27H34N2O5/c1-25(2,15-22(30)28-27(5,6)26(3,4)23(31)32)29-24(33)34-16-21-19-13-9-7-11-17(19)18-12-8-10-14-20(18)21/h7-14,21H,15-16H2,1-6H3,(H,28,30)(H,29,33)(H,31,32). The van der Waals surface area contributed by atoms with Gasteiger partial charge in [0.05, 0.1) is 5.41 Å². The lowest BCUT2D eigenvalue weighted by atomic mass is 9.74. The molecule has 0 bridgehead atoms. The monoisotopic (exact) mass is 466 g/mol. The highest BCUT2D eigenvalue weighted by Gasteiger charge is 2.45. The summed E-state index contributed by atoms with van der Waals surface area (Å²) in [4.78, 5) is 36.9. The molecular weight excluding hydrogens is 432 g/mol. The summed E-state index contributed by atoms with van der Waals surface area (Å²) in [7, 11) is 0. The SMILES string of the molecule is CC(C)(CC(=O)NC(C)(C)C(C)(C)C(=O)O)NC(=O)OCC1c2ccccc2-c2ccccc21. The number of alkyl carbamates (subject to hydrolysis) is 1. The largest absolute Gasteiger partial charge is 0.481 e. The Labute approximate surface area is 200 Å². The predicted octanol–water partition coefficient (Wildman–Crippen LogP) is 4.70. The van der Waals surface area contributed by atoms with Crippen LogP contribution in [0.1, 0.15) is 65.0 Å². The van der Waals surface area contributed by atoms with Gasteiger partial charge in [0.1, 0.15) is 6.61 Å². The summed E-state index contributed by atoms with van der Waals surface area (Å²) in [6.07, 6.45) is -0.638. The van der Waals surface area contributed by atoms with E-state index in [1.54, 1.807) is 41.5 Å². The zero-order valence-corrected chi connectivity index (χ0v) is 20.7. The summed E-state index contributed by atoms with van der Waals surface area (Å²) in [5.74, 6) is -1.42. The number of carbonyl (C=O) groups is 3. The van der Waals surface area contributed by atoms with Crippen molar-refractivity contribution in [2.45, 2.75) is 65.0 Å². The molecule has 0 saturated carbocycles. The van der Waals surface area contributed by atoms with E-state index in [1.807, 2.05) is 24.3 Å². The van der Waals surface area contributed by atoms with E-state index in [0.717, 1.165) is 22.3 Å². The third-order valence-electron chi connectivity index (χ3n) is 6.94. The van der Waals surface area contributed by atoms with Crippen molar-refractivity contribution in [3.63, 3.8) is 0 Å². The van der Waals surface area contributed by atoms with Crippen LogP contribution >= 0.6 is 0 Å². The Morgan fingerprint density at radius 1 is 0.853 bits per heavy atom. The van der Waals surface area contributed by atoms with Crippen LogP contribution in [-0.2, 0) is 14.3 Å². The third kappa shape index (κ3) is 5.08. The van der Waals surface area contributed by atoms with Crippen molar-refractivity contribution >= 4 is 18.0 Å². The van der Waals surface area contributed by atoms with Crippen LogP contribution in [0.4, 0.5) is 4.79 Å². The molecule has 0 saturated heterocycles. The van der Waals surface area contributed by atoms with Crippen molar-refractivity contribution in [3.8, 4) is 11.1 Å². The molecular formula is C27H34N2O5. The van der Waals surface area contributed by atoms with Gasteiger partial charge in [-0.05, 0) is 63.8 Å². The topological polar surface area (TPSA) is 105 Å². The second-order valence-corrected chi connectivity index (χ2v) is 10.6. The van der Waals surface area contributed by atoms with Gasteiger partial charge in [0, 0.05) is 23.4 Å². The number of carboxylic acid groups (broad SMARTS) is 1. The number of hydrogen-bond acceptors (Lipinski definition) is 4. The molecule has 3 N–H and O–H groups in total. The highest BCUT2D eigenvalue weighted by Crippen LogP contribution is 2.44. The van der Waals surface area contributed by atoms with Crippen molar-refractivity contribution in [1.29, 1.82) is 0 Å². The summed E-state index contributed by atoms with van der Waals surface area (Å²) in [5, 5.41) is 15.1. The van der Waals surface area contributed by atoms with E-state index < -0.39 is 28.6 Å². The van der Waals surface area contributed by atoms with Crippen molar-refractivity contribution < 1.29 is 24.2 Å². The third-order valence-corrected chi connectivity index (χ3v) is 6.94. The number of benzene rings is 2. The first-order valence-electron chi connectivity index (χ1n) is 11.4. The van der Waals surface area contributed by atoms with E-state index in [9.17, 15) is 19.5 Å². The minimum Gasteiger partial charge on any atom is -0.481 e. The summed E-state index contributed by atoms with van der Waals surface area (Å²) in [6, 6.07) is 16.2. The molecule has 0 atom stereocenters. The summed E-state index contributed by atoms with van der Waals surface area (Å²) >= 11 is 0. The van der Waals surface area contributed by atoms with Crippen LogP contribution in [0.25, 0.3) is 11.1 Å². The maximum Gasteiger partial charge on any atom is 0.407 e. The molecule has 0 fully saturated rings. The Morgan fingerprint density at radius 3 is 1.85 bits per heavy atom. The van der Waals surface area contributed by atoms with Crippen LogP contribution in [-0.4, -0.2) is 40.8 Å². The Morgan fingerprint density at radius 2 is 1.35 bits per heavy atom. The van der Waals surface area contributed by atoms with Crippen LogP contribution in [0.3, 0.4) is 0 Å². The molecule has 0 aliphatic heterocycles. The van der Waals surface area contributed by atoms with Crippen molar-refractivity contribution in [2.24, 2.45) is 5.41 Å². The van der Waals surface area contributed by atoms with Gasteiger partial charge >= 0.3 is 12.1 Å². The van der Waals surface area contributed by atoms with E-state index in [0.29, 0.717) is 0 Å². The number of ether oxygens (including phenoxy) is 1. The fourth-order valence-corrected chi connectivity index (χ4v) is 4.17. The van der Waals surface area contributed by atoms with Gasteiger partial charge in [-0.2, -0.15) is 0 Å². The molecule has 2 aromatic rings. The van der Waals surface area contributed by atoms with Gasteiger partial charge in [-0.15, -0.1) is 0 Å². The van der Waals surface area contributed by atoms with Crippen molar-refractivity contribution in [2.75, 3.05) is 6.61 Å². The molecule has 1 aliphatic rings. The Bertz CT molecular complexity index is 1060. The fourth-order valence-electron chi connectivity index (χ4n) is 4.17. The van der Waals surface area contributed by atoms with Crippen molar-refractivity contribution in [1.82, 2.24) is 10.6 Å². The maximum atomic E-state index is 12.7. The molecule has 0 unspecified atom stereocenters. The van der Waals surface area contributed by atoms with Gasteiger partial charge in [-0.25, -0.2) is 4.79 Å². The van der Waals surface area contributed by atoms with E-state index in [-0.39, 0.29) is 24.9 Å². The number of amides is 2. The van der Waals surface area contributed by atoms with E-state index in [2.05, 4.69) is 34.9 Å². The molecule has 34 heavy (non-hydrogen) atoms. The van der Waals surface area contributed by atoms with Gasteiger partial charge in [0.15, 0.2) is 0 Å². The number of hydrogen-bond donors (Lipinski definition) is 3. The molecule has 2 aromatic carbocycles. The highest BCUT2D eigenvalue weighted by molar-refractivity contribution is 5.82. The molecule has 0 radical (unpaired) electrons. The summed E-state index contributed by atoms with van der Waals surface area (Å²) < 4.78 is 5.58. The van der Waals surface area contributed by atoms with Crippen LogP contribution in [0.15, 0.2) is 48.5 Å². The van der Waals surface area contributed by atoms with Crippen LogP contribution in [0.2, 0.25) is 0 Å². The quantitative estimate of drug-likeness (QED) is 0.523. The van der Waals surface area contributed by atoms with Gasteiger partial charge in [0.2, 0.25) is 5.91 Å². The number of fused-ring (bicyclic) bond motifs is 3. The second-order valence-electron chi connectivity index (χ2n) is 10.6. The number of aliphatic carboxylic acids is 1. The van der Waals surface area contributed by atoms with Gasteiger partial charge in [-0.1, -0.05) is 48.5 Å². The Hall–Kier alpha value is -3.35. The lowest BCUT2D eigenvalue weighted by molar-refractivity contribution is -0.151. The zero-order valence-electron chi connectivity index (χ0n) is 20.7. The minimum atomic E-state index is -1.17. The molecule has 182 valence electrons. The first-order valence-corrected chi connectivity index (χ1v) is 11.4. The molecule has 0 spiro atoms. The predicted molar refractivity (Wildman–Crippen MR) is 131 cm³/mol. The highest BCUT2D eigenvalue weighted by atomic mass is 16.5. The lowest BCUT2D eigenvalue weighted by Crippen LogP contribution is -2.58. The maximum absolute atomic E-state index is 12.7. The number of carbonyl (C=O) groups excluding carboxylic acids is 2. The molecule has 1 aliphatic carbocycles.